The van der Waals surface area contributed by atoms with Crippen molar-refractivity contribution in [1.82, 2.24) is 9.97 Å². The summed E-state index contributed by atoms with van der Waals surface area (Å²) >= 11 is 5.89. The molecule has 0 amide bonds. The van der Waals surface area contributed by atoms with Gasteiger partial charge in [-0.1, -0.05) is 25.4 Å². The van der Waals surface area contributed by atoms with E-state index in [1.807, 2.05) is 13.8 Å². The molecule has 0 bridgehead atoms. The van der Waals surface area contributed by atoms with Crippen LogP contribution >= 0.6 is 11.6 Å². The first-order valence-corrected chi connectivity index (χ1v) is 5.19. The molecule has 0 atom stereocenters. The molecule has 2 rings (SSSR count). The molecular formula is C11H9ClF2N2. The van der Waals surface area contributed by atoms with E-state index in [4.69, 9.17) is 11.6 Å². The summed E-state index contributed by atoms with van der Waals surface area (Å²) in [6, 6.07) is 2.04. The minimum atomic E-state index is -0.949. The smallest absolute Gasteiger partial charge is 0.161 e. The molecule has 0 aliphatic heterocycles. The molecule has 0 spiro atoms. The van der Waals surface area contributed by atoms with Crippen molar-refractivity contribution in [2.45, 2.75) is 19.8 Å². The van der Waals surface area contributed by atoms with Gasteiger partial charge in [0.2, 0.25) is 0 Å². The largest absolute Gasteiger partial charge is 0.232 e. The zero-order chi connectivity index (χ0) is 11.9. The van der Waals surface area contributed by atoms with Crippen molar-refractivity contribution in [2.24, 2.45) is 0 Å². The predicted octanol–water partition coefficient (Wildman–Crippen LogP) is 3.68. The SMILES string of the molecule is CC(C)c1nc(Cl)c2cc(F)c(F)cc2n1. The Kier molecular flexibility index (Phi) is 2.76. The fraction of sp³-hybridized carbons (Fsp3) is 0.273. The van der Waals surface area contributed by atoms with Gasteiger partial charge in [0, 0.05) is 17.4 Å². The van der Waals surface area contributed by atoms with E-state index in [-0.39, 0.29) is 11.1 Å². The topological polar surface area (TPSA) is 25.8 Å². The minimum absolute atomic E-state index is 0.0787. The van der Waals surface area contributed by atoms with Crippen LogP contribution in [-0.4, -0.2) is 9.97 Å². The second-order valence-corrected chi connectivity index (χ2v) is 4.17. The maximum absolute atomic E-state index is 13.0. The maximum Gasteiger partial charge on any atom is 0.161 e. The van der Waals surface area contributed by atoms with Gasteiger partial charge in [-0.3, -0.25) is 0 Å². The van der Waals surface area contributed by atoms with E-state index in [1.165, 1.54) is 0 Å². The summed E-state index contributed by atoms with van der Waals surface area (Å²) in [5.74, 6) is -1.29. The minimum Gasteiger partial charge on any atom is -0.232 e. The van der Waals surface area contributed by atoms with Crippen molar-refractivity contribution >= 4 is 22.5 Å². The van der Waals surface area contributed by atoms with Crippen molar-refractivity contribution in [1.29, 1.82) is 0 Å². The highest BCUT2D eigenvalue weighted by atomic mass is 35.5. The number of rotatable bonds is 1. The second-order valence-electron chi connectivity index (χ2n) is 3.81. The predicted molar refractivity (Wildman–Crippen MR) is 58.6 cm³/mol. The van der Waals surface area contributed by atoms with Gasteiger partial charge in [0.1, 0.15) is 11.0 Å². The number of halogens is 3. The maximum atomic E-state index is 13.0. The van der Waals surface area contributed by atoms with Crippen molar-refractivity contribution < 1.29 is 8.78 Å². The van der Waals surface area contributed by atoms with Gasteiger partial charge >= 0.3 is 0 Å². The van der Waals surface area contributed by atoms with Crippen molar-refractivity contribution in [3.63, 3.8) is 0 Å². The second kappa shape index (κ2) is 3.94. The molecule has 5 heteroatoms. The standard InChI is InChI=1S/C11H9ClF2N2/c1-5(2)11-15-9-4-8(14)7(13)3-6(9)10(12)16-11/h3-5H,1-2H3. The lowest BCUT2D eigenvalue weighted by Gasteiger charge is -2.07. The normalized spacial score (nSPS) is 11.4. The van der Waals surface area contributed by atoms with Crippen LogP contribution in [0.2, 0.25) is 5.15 Å². The van der Waals surface area contributed by atoms with Crippen LogP contribution in [0.4, 0.5) is 8.78 Å². The van der Waals surface area contributed by atoms with Crippen LogP contribution in [0.15, 0.2) is 12.1 Å². The summed E-state index contributed by atoms with van der Waals surface area (Å²) in [4.78, 5) is 8.17. The van der Waals surface area contributed by atoms with Crippen LogP contribution in [0.25, 0.3) is 10.9 Å². The number of aromatic nitrogens is 2. The van der Waals surface area contributed by atoms with E-state index in [0.29, 0.717) is 16.7 Å². The van der Waals surface area contributed by atoms with Gasteiger partial charge < -0.3 is 0 Å². The van der Waals surface area contributed by atoms with Gasteiger partial charge in [0.05, 0.1) is 5.52 Å². The van der Waals surface area contributed by atoms with Crippen LogP contribution in [0.5, 0.6) is 0 Å². The van der Waals surface area contributed by atoms with Crippen molar-refractivity contribution in [2.75, 3.05) is 0 Å². The lowest BCUT2D eigenvalue weighted by atomic mass is 10.2. The van der Waals surface area contributed by atoms with Crippen molar-refractivity contribution in [3.8, 4) is 0 Å². The summed E-state index contributed by atoms with van der Waals surface area (Å²) in [5, 5.41) is 0.470. The van der Waals surface area contributed by atoms with E-state index < -0.39 is 11.6 Å². The molecule has 0 saturated heterocycles. The van der Waals surface area contributed by atoms with E-state index in [2.05, 4.69) is 9.97 Å². The summed E-state index contributed by atoms with van der Waals surface area (Å²) in [5.41, 5.74) is 0.322. The molecule has 0 saturated carbocycles. The Morgan fingerprint density at radius 2 is 1.75 bits per heavy atom. The quantitative estimate of drug-likeness (QED) is 0.713. The molecule has 0 aliphatic rings. The van der Waals surface area contributed by atoms with Crippen LogP contribution in [-0.2, 0) is 0 Å². The summed E-state index contributed by atoms with van der Waals surface area (Å²) in [7, 11) is 0. The number of nitrogens with zero attached hydrogens (tertiary/aromatic N) is 2. The molecule has 0 radical (unpaired) electrons. The number of hydrogen-bond donors (Lipinski definition) is 0. The van der Waals surface area contributed by atoms with Gasteiger partial charge in [-0.2, -0.15) is 0 Å². The molecule has 1 aromatic heterocycles. The van der Waals surface area contributed by atoms with E-state index in [0.717, 1.165) is 12.1 Å². The fourth-order valence-corrected chi connectivity index (χ4v) is 1.60. The molecule has 1 aromatic carbocycles. The Labute approximate surface area is 96.3 Å². The highest BCUT2D eigenvalue weighted by molar-refractivity contribution is 6.34. The third-order valence-electron chi connectivity index (χ3n) is 2.22. The van der Waals surface area contributed by atoms with Crippen LogP contribution in [0.1, 0.15) is 25.6 Å². The lowest BCUT2D eigenvalue weighted by Crippen LogP contribution is -1.99. The zero-order valence-electron chi connectivity index (χ0n) is 8.76. The molecule has 0 unspecified atom stereocenters. The van der Waals surface area contributed by atoms with Crippen LogP contribution < -0.4 is 0 Å². The molecule has 2 nitrogen and oxygen atoms in total. The van der Waals surface area contributed by atoms with Crippen LogP contribution in [0, 0.1) is 11.6 Å². The number of hydrogen-bond acceptors (Lipinski definition) is 2. The van der Waals surface area contributed by atoms with Gasteiger partial charge in [-0.15, -0.1) is 0 Å². The Morgan fingerprint density at radius 1 is 1.12 bits per heavy atom. The first-order chi connectivity index (χ1) is 7.49. The Bertz CT molecular complexity index is 555. The molecule has 84 valence electrons. The van der Waals surface area contributed by atoms with Crippen LogP contribution in [0.3, 0.4) is 0 Å². The Balaban J connectivity index is 2.77. The Morgan fingerprint density at radius 3 is 2.38 bits per heavy atom. The Hall–Kier alpha value is -1.29. The summed E-state index contributed by atoms with van der Waals surface area (Å²) in [6.45, 7) is 3.80. The number of fused-ring (bicyclic) bond motifs is 1. The molecule has 16 heavy (non-hydrogen) atoms. The van der Waals surface area contributed by atoms with Gasteiger partial charge in [0.15, 0.2) is 11.6 Å². The zero-order valence-corrected chi connectivity index (χ0v) is 9.52. The van der Waals surface area contributed by atoms with E-state index in [9.17, 15) is 8.78 Å². The first kappa shape index (κ1) is 11.2. The fourth-order valence-electron chi connectivity index (χ4n) is 1.36. The molecule has 1 heterocycles. The average Bonchev–Trinajstić information content (AvgIpc) is 2.20. The van der Waals surface area contributed by atoms with Gasteiger partial charge in [-0.05, 0) is 6.07 Å². The van der Waals surface area contributed by atoms with Gasteiger partial charge in [-0.25, -0.2) is 18.7 Å². The molecule has 0 aliphatic carbocycles. The summed E-state index contributed by atoms with van der Waals surface area (Å²) < 4.78 is 26.0. The molecule has 0 N–H and O–H groups in total. The average molecular weight is 243 g/mol. The van der Waals surface area contributed by atoms with E-state index >= 15 is 0 Å². The molecule has 2 aromatic rings. The summed E-state index contributed by atoms with van der Waals surface area (Å²) in [6.07, 6.45) is 0. The molecular weight excluding hydrogens is 234 g/mol. The lowest BCUT2D eigenvalue weighted by molar-refractivity contribution is 0.510. The van der Waals surface area contributed by atoms with Crippen molar-refractivity contribution in [3.05, 3.63) is 34.7 Å². The third kappa shape index (κ3) is 1.85. The monoisotopic (exact) mass is 242 g/mol. The first-order valence-electron chi connectivity index (χ1n) is 4.81. The van der Waals surface area contributed by atoms with Gasteiger partial charge in [0.25, 0.3) is 0 Å². The number of benzene rings is 1. The molecule has 0 fully saturated rings. The van der Waals surface area contributed by atoms with E-state index in [1.54, 1.807) is 0 Å². The highest BCUT2D eigenvalue weighted by Gasteiger charge is 2.12. The third-order valence-corrected chi connectivity index (χ3v) is 2.51. The highest BCUT2D eigenvalue weighted by Crippen LogP contribution is 2.24.